The molecule has 0 saturated carbocycles. The van der Waals surface area contributed by atoms with Gasteiger partial charge in [0.15, 0.2) is 0 Å². The zero-order valence-corrected chi connectivity index (χ0v) is 7.12. The molecule has 4 heteroatoms. The Morgan fingerprint density at radius 2 is 2.50 bits per heavy atom. The van der Waals surface area contributed by atoms with Crippen LogP contribution in [0.25, 0.3) is 0 Å². The number of hydrogen-bond acceptors (Lipinski definition) is 3. The molecule has 0 bridgehead atoms. The van der Waals surface area contributed by atoms with Gasteiger partial charge in [-0.25, -0.2) is 4.79 Å². The van der Waals surface area contributed by atoms with E-state index < -0.39 is 0 Å². The van der Waals surface area contributed by atoms with Gasteiger partial charge in [-0.2, -0.15) is 4.58 Å². The maximum absolute atomic E-state index is 11.2. The highest BCUT2D eigenvalue weighted by atomic mass is 16.6. The zero-order chi connectivity index (χ0) is 8.72. The number of carbonyl (C=O) groups excluding carboxylic acids is 1. The average Bonchev–Trinajstić information content (AvgIpc) is 2.53. The fourth-order valence-corrected chi connectivity index (χ4v) is 1.86. The summed E-state index contributed by atoms with van der Waals surface area (Å²) >= 11 is 0. The molecule has 2 aliphatic heterocycles. The topological polar surface area (TPSA) is 55.3 Å². The van der Waals surface area contributed by atoms with Gasteiger partial charge in [0.05, 0.1) is 0 Å². The third-order valence-electron chi connectivity index (χ3n) is 2.40. The number of hydrogen-bond donors (Lipinski definition) is 1. The molecule has 2 aliphatic rings. The summed E-state index contributed by atoms with van der Waals surface area (Å²) in [5.74, 6) is 0.530. The van der Waals surface area contributed by atoms with Crippen LogP contribution in [0.4, 0.5) is 0 Å². The van der Waals surface area contributed by atoms with Crippen LogP contribution in [0.2, 0.25) is 0 Å². The van der Waals surface area contributed by atoms with E-state index in [4.69, 9.17) is 10.5 Å². The van der Waals surface area contributed by atoms with Gasteiger partial charge in [-0.3, -0.25) is 0 Å². The zero-order valence-electron chi connectivity index (χ0n) is 7.12. The second kappa shape index (κ2) is 2.55. The number of nitrogens with zero attached hydrogens (tertiary/aromatic N) is 1. The lowest BCUT2D eigenvalue weighted by molar-refractivity contribution is -0.527. The van der Waals surface area contributed by atoms with Crippen molar-refractivity contribution in [1.29, 1.82) is 0 Å². The molecule has 0 radical (unpaired) electrons. The summed E-state index contributed by atoms with van der Waals surface area (Å²) in [6, 6.07) is -0.206. The minimum Gasteiger partial charge on any atom is -0.368 e. The molecule has 2 rings (SSSR count). The first kappa shape index (κ1) is 7.73. The molecule has 0 aromatic rings. The number of fused-ring (bicyclic) bond motifs is 1. The molecular formula is C8H13N2O2+. The Morgan fingerprint density at radius 3 is 3.17 bits per heavy atom. The Bertz CT molecular complexity index is 258. The molecule has 1 saturated heterocycles. The van der Waals surface area contributed by atoms with Crippen molar-refractivity contribution in [3.63, 3.8) is 0 Å². The molecule has 12 heavy (non-hydrogen) atoms. The van der Waals surface area contributed by atoms with Crippen LogP contribution in [0.1, 0.15) is 19.8 Å². The van der Waals surface area contributed by atoms with Crippen LogP contribution >= 0.6 is 0 Å². The molecule has 0 aromatic carbocycles. The normalized spacial score (nSPS) is 30.5. The first-order valence-electron chi connectivity index (χ1n) is 4.31. The van der Waals surface area contributed by atoms with Gasteiger partial charge >= 0.3 is 11.9 Å². The van der Waals surface area contributed by atoms with Crippen LogP contribution in [-0.2, 0) is 9.53 Å². The number of cyclic esters (lactones) is 1. The van der Waals surface area contributed by atoms with Gasteiger partial charge in [-0.1, -0.05) is 0 Å². The molecule has 2 N–H and O–H groups in total. The maximum Gasteiger partial charge on any atom is 0.384 e. The Morgan fingerprint density at radius 1 is 1.75 bits per heavy atom. The van der Waals surface area contributed by atoms with Crippen molar-refractivity contribution >= 4 is 11.9 Å². The second-order valence-electron chi connectivity index (χ2n) is 3.40. The van der Waals surface area contributed by atoms with E-state index in [0.29, 0.717) is 5.90 Å². The van der Waals surface area contributed by atoms with E-state index in [2.05, 4.69) is 0 Å². The van der Waals surface area contributed by atoms with Crippen LogP contribution in [0, 0.1) is 0 Å². The molecular weight excluding hydrogens is 156 g/mol. The van der Waals surface area contributed by atoms with E-state index in [9.17, 15) is 4.79 Å². The lowest BCUT2D eigenvalue weighted by Gasteiger charge is -1.98. The van der Waals surface area contributed by atoms with Crippen LogP contribution < -0.4 is 5.73 Å². The van der Waals surface area contributed by atoms with Crippen molar-refractivity contribution in [2.45, 2.75) is 31.8 Å². The third kappa shape index (κ3) is 0.948. The number of nitrogens with two attached hydrogens (primary N) is 1. The van der Waals surface area contributed by atoms with Crippen LogP contribution in [0.3, 0.4) is 0 Å². The van der Waals surface area contributed by atoms with Crippen molar-refractivity contribution in [3.8, 4) is 0 Å². The van der Waals surface area contributed by atoms with Crippen LogP contribution in [0.15, 0.2) is 0 Å². The standard InChI is InChI=1S/C8H13N2O2/c1-5(9)7-10-4-2-3-6(10)8(11)12-7/h5-6H,2-4,9H2,1H3/q+1. The highest BCUT2D eigenvalue weighted by Gasteiger charge is 2.47. The number of esters is 1. The monoisotopic (exact) mass is 169 g/mol. The van der Waals surface area contributed by atoms with Crippen LogP contribution in [0.5, 0.6) is 0 Å². The molecule has 0 aliphatic carbocycles. The van der Waals surface area contributed by atoms with Crippen molar-refractivity contribution in [2.75, 3.05) is 6.54 Å². The maximum atomic E-state index is 11.2. The Hall–Kier alpha value is -0.900. The number of rotatable bonds is 1. The first-order chi connectivity index (χ1) is 5.70. The summed E-state index contributed by atoms with van der Waals surface area (Å²) in [5.41, 5.74) is 5.66. The number of carbonyl (C=O) groups is 1. The molecule has 4 nitrogen and oxygen atoms in total. The Kier molecular flexibility index (Phi) is 1.65. The highest BCUT2D eigenvalue weighted by molar-refractivity contribution is 5.94. The Labute approximate surface area is 71.0 Å². The van der Waals surface area contributed by atoms with Gasteiger partial charge in [-0.05, 0) is 6.92 Å². The van der Waals surface area contributed by atoms with Crippen molar-refractivity contribution < 1.29 is 14.1 Å². The summed E-state index contributed by atoms with van der Waals surface area (Å²) in [4.78, 5) is 11.2. The van der Waals surface area contributed by atoms with E-state index in [1.165, 1.54) is 0 Å². The molecule has 0 aromatic heterocycles. The molecule has 0 spiro atoms. The fourth-order valence-electron chi connectivity index (χ4n) is 1.86. The van der Waals surface area contributed by atoms with Crippen molar-refractivity contribution in [2.24, 2.45) is 5.73 Å². The number of ether oxygens (including phenoxy) is 1. The van der Waals surface area contributed by atoms with Crippen molar-refractivity contribution in [3.05, 3.63) is 0 Å². The summed E-state index contributed by atoms with van der Waals surface area (Å²) < 4.78 is 7.06. The van der Waals surface area contributed by atoms with Gasteiger partial charge < -0.3 is 10.5 Å². The summed E-state index contributed by atoms with van der Waals surface area (Å²) in [7, 11) is 0. The fraction of sp³-hybridized carbons (Fsp3) is 0.750. The minimum atomic E-state index is -0.169. The largest absolute Gasteiger partial charge is 0.384 e. The molecule has 2 unspecified atom stereocenters. The molecule has 2 heterocycles. The van der Waals surface area contributed by atoms with Gasteiger partial charge in [0, 0.05) is 12.8 Å². The molecule has 0 amide bonds. The van der Waals surface area contributed by atoms with E-state index in [1.54, 1.807) is 0 Å². The second-order valence-corrected chi connectivity index (χ2v) is 3.40. The molecule has 2 atom stereocenters. The van der Waals surface area contributed by atoms with Crippen molar-refractivity contribution in [1.82, 2.24) is 0 Å². The van der Waals surface area contributed by atoms with Gasteiger partial charge in [-0.15, -0.1) is 0 Å². The lowest BCUT2D eigenvalue weighted by atomic mass is 10.2. The quantitative estimate of drug-likeness (QED) is 0.424. The van der Waals surface area contributed by atoms with E-state index in [1.807, 2.05) is 11.5 Å². The van der Waals surface area contributed by atoms with E-state index >= 15 is 0 Å². The average molecular weight is 169 g/mol. The van der Waals surface area contributed by atoms with Gasteiger partial charge in [0.1, 0.15) is 12.6 Å². The Balaban J connectivity index is 2.32. The van der Waals surface area contributed by atoms with E-state index in [-0.39, 0.29) is 18.1 Å². The lowest BCUT2D eigenvalue weighted by Crippen LogP contribution is -2.33. The predicted octanol–water partition coefficient (Wildman–Crippen LogP) is -0.536. The smallest absolute Gasteiger partial charge is 0.368 e. The highest BCUT2D eigenvalue weighted by Crippen LogP contribution is 2.20. The summed E-state index contributed by atoms with van der Waals surface area (Å²) in [6.45, 7) is 2.75. The summed E-state index contributed by atoms with van der Waals surface area (Å²) in [6.07, 6.45) is 1.98. The minimum absolute atomic E-state index is 0.0361. The van der Waals surface area contributed by atoms with Gasteiger partial charge in [0.2, 0.25) is 0 Å². The predicted molar refractivity (Wildman–Crippen MR) is 42.9 cm³/mol. The third-order valence-corrected chi connectivity index (χ3v) is 2.40. The molecule has 1 fully saturated rings. The SMILES string of the molecule is CC(N)C1=[N+]2CCCC2C(=O)O1. The first-order valence-corrected chi connectivity index (χ1v) is 4.31. The molecule has 66 valence electrons. The van der Waals surface area contributed by atoms with Crippen LogP contribution in [-0.4, -0.2) is 35.1 Å². The van der Waals surface area contributed by atoms with E-state index in [0.717, 1.165) is 19.4 Å². The summed E-state index contributed by atoms with van der Waals surface area (Å²) in [5, 5.41) is 0. The van der Waals surface area contributed by atoms with Gasteiger partial charge in [0.25, 0.3) is 6.04 Å².